The Balaban J connectivity index is 1.63. The van der Waals surface area contributed by atoms with Crippen molar-refractivity contribution >= 4 is 46.0 Å². The monoisotopic (exact) mass is 509 g/mol. The fourth-order valence-corrected chi connectivity index (χ4v) is 4.59. The molecule has 3 aromatic carbocycles. The van der Waals surface area contributed by atoms with Gasteiger partial charge in [-0.15, -0.1) is 0 Å². The standard InChI is InChI=1S/C24H19ClF3NO4S/c25-19-12-18(21(30)29-23(22(31)32)10-3-11-23)20(17-5-2-1-4-16(17)19)33-13-14-6-8-15(9-7-14)34-24(26,27)28/h1-2,4-9,12H,3,10-11,13H2,(H,29,30)(H,31,32). The van der Waals surface area contributed by atoms with Crippen molar-refractivity contribution in [2.24, 2.45) is 0 Å². The van der Waals surface area contributed by atoms with E-state index in [1.165, 1.54) is 30.3 Å². The molecule has 0 atom stereocenters. The maximum atomic E-state index is 13.1. The molecule has 4 rings (SSSR count). The molecule has 1 fully saturated rings. The number of carbonyl (C=O) groups excluding carboxylic acids is 1. The highest BCUT2D eigenvalue weighted by Gasteiger charge is 2.46. The first-order chi connectivity index (χ1) is 16.1. The number of halogens is 4. The smallest absolute Gasteiger partial charge is 0.446 e. The summed E-state index contributed by atoms with van der Waals surface area (Å²) in [4.78, 5) is 24.9. The van der Waals surface area contributed by atoms with Gasteiger partial charge in [0.1, 0.15) is 17.9 Å². The summed E-state index contributed by atoms with van der Waals surface area (Å²) >= 11 is 6.19. The van der Waals surface area contributed by atoms with E-state index in [9.17, 15) is 27.9 Å². The van der Waals surface area contributed by atoms with Crippen molar-refractivity contribution in [1.82, 2.24) is 5.32 Å². The van der Waals surface area contributed by atoms with Crippen molar-refractivity contribution in [3.8, 4) is 5.75 Å². The van der Waals surface area contributed by atoms with E-state index in [-0.39, 0.29) is 34.6 Å². The van der Waals surface area contributed by atoms with Crippen molar-refractivity contribution < 1.29 is 32.6 Å². The van der Waals surface area contributed by atoms with E-state index in [4.69, 9.17) is 16.3 Å². The number of nitrogens with one attached hydrogen (secondary N) is 1. The highest BCUT2D eigenvalue weighted by Crippen LogP contribution is 2.39. The van der Waals surface area contributed by atoms with E-state index in [0.717, 1.165) is 0 Å². The first-order valence-electron chi connectivity index (χ1n) is 10.3. The summed E-state index contributed by atoms with van der Waals surface area (Å²) in [5.41, 5.74) is -5.02. The van der Waals surface area contributed by atoms with Gasteiger partial charge in [-0.1, -0.05) is 48.0 Å². The molecule has 1 aliphatic carbocycles. The Labute approximate surface area is 202 Å². The number of thioether (sulfide) groups is 1. The number of carboxylic acid groups (broad SMARTS) is 1. The van der Waals surface area contributed by atoms with Crippen LogP contribution in [0.5, 0.6) is 5.75 Å². The third-order valence-corrected chi connectivity index (χ3v) is 6.75. The van der Waals surface area contributed by atoms with Gasteiger partial charge in [0.15, 0.2) is 0 Å². The fourth-order valence-electron chi connectivity index (χ4n) is 3.78. The van der Waals surface area contributed by atoms with Crippen molar-refractivity contribution in [3.05, 3.63) is 70.7 Å². The normalized spacial score (nSPS) is 14.9. The summed E-state index contributed by atoms with van der Waals surface area (Å²) in [5, 5.41) is 13.7. The molecule has 0 saturated heterocycles. The number of carboxylic acids is 1. The van der Waals surface area contributed by atoms with Gasteiger partial charge in [0.05, 0.1) is 5.56 Å². The molecule has 34 heavy (non-hydrogen) atoms. The molecule has 3 aromatic rings. The van der Waals surface area contributed by atoms with E-state index >= 15 is 0 Å². The van der Waals surface area contributed by atoms with E-state index in [2.05, 4.69) is 5.32 Å². The Morgan fingerprint density at radius 3 is 2.29 bits per heavy atom. The predicted octanol–water partition coefficient (Wildman–Crippen LogP) is 6.42. The average Bonchev–Trinajstić information content (AvgIpc) is 2.75. The molecule has 0 spiro atoms. The van der Waals surface area contributed by atoms with Crippen LogP contribution in [0, 0.1) is 0 Å². The van der Waals surface area contributed by atoms with Crippen LogP contribution in [0.15, 0.2) is 59.5 Å². The largest absolute Gasteiger partial charge is 0.487 e. The summed E-state index contributed by atoms with van der Waals surface area (Å²) in [6, 6.07) is 14.2. The molecule has 0 unspecified atom stereocenters. The van der Waals surface area contributed by atoms with Crippen LogP contribution in [0.4, 0.5) is 13.2 Å². The van der Waals surface area contributed by atoms with Gasteiger partial charge in [-0.3, -0.25) is 4.79 Å². The Morgan fingerprint density at radius 2 is 1.74 bits per heavy atom. The minimum absolute atomic E-state index is 0.0209. The highest BCUT2D eigenvalue weighted by atomic mass is 35.5. The minimum Gasteiger partial charge on any atom is -0.487 e. The molecule has 1 saturated carbocycles. The van der Waals surface area contributed by atoms with Crippen LogP contribution >= 0.6 is 23.4 Å². The number of hydrogen-bond donors (Lipinski definition) is 2. The number of amides is 1. The van der Waals surface area contributed by atoms with Crippen LogP contribution in [-0.2, 0) is 11.4 Å². The van der Waals surface area contributed by atoms with Gasteiger partial charge in [0.2, 0.25) is 0 Å². The zero-order chi connectivity index (χ0) is 24.5. The SMILES string of the molecule is O=C(NC1(C(=O)O)CCC1)c1cc(Cl)c2ccccc2c1OCc1ccc(SC(F)(F)F)cc1. The molecular weight excluding hydrogens is 491 g/mol. The summed E-state index contributed by atoms with van der Waals surface area (Å²) < 4.78 is 43.7. The molecule has 0 radical (unpaired) electrons. The Kier molecular flexibility index (Phi) is 6.69. The van der Waals surface area contributed by atoms with Crippen molar-refractivity contribution in [1.29, 1.82) is 0 Å². The topological polar surface area (TPSA) is 75.6 Å². The molecule has 1 aliphatic rings. The van der Waals surface area contributed by atoms with E-state index in [1.54, 1.807) is 24.3 Å². The van der Waals surface area contributed by atoms with Crippen LogP contribution < -0.4 is 10.1 Å². The summed E-state index contributed by atoms with van der Waals surface area (Å²) in [6.07, 6.45) is 1.35. The second-order valence-corrected chi connectivity index (χ2v) is 9.50. The number of hydrogen-bond acceptors (Lipinski definition) is 4. The zero-order valence-corrected chi connectivity index (χ0v) is 19.2. The third-order valence-electron chi connectivity index (χ3n) is 5.70. The summed E-state index contributed by atoms with van der Waals surface area (Å²) in [5.74, 6) is -1.51. The Hall–Kier alpha value is -2.91. The number of rotatable bonds is 7. The molecule has 5 nitrogen and oxygen atoms in total. The molecule has 0 bridgehead atoms. The van der Waals surface area contributed by atoms with Crippen LogP contribution in [0.3, 0.4) is 0 Å². The van der Waals surface area contributed by atoms with Gasteiger partial charge in [-0.2, -0.15) is 13.2 Å². The Morgan fingerprint density at radius 1 is 1.09 bits per heavy atom. The van der Waals surface area contributed by atoms with Crippen LogP contribution in [0.25, 0.3) is 10.8 Å². The van der Waals surface area contributed by atoms with Gasteiger partial charge >= 0.3 is 11.5 Å². The summed E-state index contributed by atoms with van der Waals surface area (Å²) in [7, 11) is 0. The van der Waals surface area contributed by atoms with Crippen molar-refractivity contribution in [3.63, 3.8) is 0 Å². The quantitative estimate of drug-likeness (QED) is 0.359. The number of carbonyl (C=O) groups is 2. The molecule has 10 heteroatoms. The summed E-state index contributed by atoms with van der Waals surface area (Å²) in [6.45, 7) is -0.0209. The lowest BCUT2D eigenvalue weighted by Gasteiger charge is -2.38. The van der Waals surface area contributed by atoms with Gasteiger partial charge in [0.25, 0.3) is 5.91 Å². The van der Waals surface area contributed by atoms with E-state index < -0.39 is 22.9 Å². The maximum absolute atomic E-state index is 13.1. The van der Waals surface area contributed by atoms with Gasteiger partial charge in [-0.25, -0.2) is 4.79 Å². The molecule has 0 aliphatic heterocycles. The minimum atomic E-state index is -4.38. The number of fused-ring (bicyclic) bond motifs is 1. The lowest BCUT2D eigenvalue weighted by atomic mass is 9.76. The second-order valence-electron chi connectivity index (χ2n) is 7.96. The molecule has 178 valence electrons. The van der Waals surface area contributed by atoms with Gasteiger partial charge in [0, 0.05) is 20.7 Å². The molecule has 2 N–H and O–H groups in total. The maximum Gasteiger partial charge on any atom is 0.446 e. The number of alkyl halides is 3. The Bertz CT molecular complexity index is 1240. The molecule has 0 aromatic heterocycles. The van der Waals surface area contributed by atoms with Crippen LogP contribution in [0.1, 0.15) is 35.2 Å². The first-order valence-corrected chi connectivity index (χ1v) is 11.5. The van der Waals surface area contributed by atoms with Crippen LogP contribution in [0.2, 0.25) is 5.02 Å². The third kappa shape index (κ3) is 5.10. The first kappa shape index (κ1) is 24.2. The number of ether oxygens (including phenoxy) is 1. The average molecular weight is 510 g/mol. The van der Waals surface area contributed by atoms with Crippen molar-refractivity contribution in [2.75, 3.05) is 0 Å². The van der Waals surface area contributed by atoms with Crippen LogP contribution in [-0.4, -0.2) is 28.0 Å². The lowest BCUT2D eigenvalue weighted by Crippen LogP contribution is -2.59. The number of aliphatic carboxylic acids is 1. The zero-order valence-electron chi connectivity index (χ0n) is 17.6. The van der Waals surface area contributed by atoms with Gasteiger partial charge in [-0.05, 0) is 54.8 Å². The number of benzene rings is 3. The van der Waals surface area contributed by atoms with Crippen molar-refractivity contribution in [2.45, 2.75) is 41.8 Å². The molecular formula is C24H19ClF3NO4S. The predicted molar refractivity (Wildman–Crippen MR) is 123 cm³/mol. The highest BCUT2D eigenvalue weighted by molar-refractivity contribution is 8.00. The fraction of sp³-hybridized carbons (Fsp3) is 0.250. The van der Waals surface area contributed by atoms with Gasteiger partial charge < -0.3 is 15.2 Å². The molecule has 1 amide bonds. The van der Waals surface area contributed by atoms with E-state index in [0.29, 0.717) is 40.6 Å². The van der Waals surface area contributed by atoms with E-state index in [1.807, 2.05) is 0 Å². The lowest BCUT2D eigenvalue weighted by molar-refractivity contribution is -0.148. The second kappa shape index (κ2) is 9.38. The molecule has 0 heterocycles.